The number of nitrogens with zero attached hydrogens (tertiary/aromatic N) is 4. The molecule has 104 valence electrons. The Hall–Kier alpha value is -1.51. The van der Waals surface area contributed by atoms with Gasteiger partial charge in [0.25, 0.3) is 5.91 Å². The summed E-state index contributed by atoms with van der Waals surface area (Å²) in [4.78, 5) is 16.1. The highest BCUT2D eigenvalue weighted by molar-refractivity contribution is 14.1. The molecule has 1 N–H and O–H groups in total. The summed E-state index contributed by atoms with van der Waals surface area (Å²) in [5, 5.41) is 11.2. The van der Waals surface area contributed by atoms with Crippen molar-refractivity contribution in [2.24, 2.45) is 0 Å². The summed E-state index contributed by atoms with van der Waals surface area (Å²) in [6.07, 6.45) is 6.58. The molecule has 0 atom stereocenters. The van der Waals surface area contributed by atoms with Gasteiger partial charge in [-0.25, -0.2) is 0 Å². The number of rotatable bonds is 3. The lowest BCUT2D eigenvalue weighted by Crippen LogP contribution is -2.26. The van der Waals surface area contributed by atoms with E-state index in [2.05, 4.69) is 47.7 Å². The molecular weight excluding hydrogens is 369 g/mol. The van der Waals surface area contributed by atoms with Crippen molar-refractivity contribution >= 4 is 28.5 Å². The molecule has 2 aromatic rings. The van der Waals surface area contributed by atoms with Gasteiger partial charge in [-0.15, -0.1) is 10.2 Å². The Morgan fingerprint density at radius 3 is 3.15 bits per heavy atom. The highest BCUT2D eigenvalue weighted by atomic mass is 127. The van der Waals surface area contributed by atoms with E-state index in [-0.39, 0.29) is 5.91 Å². The maximum absolute atomic E-state index is 12.1. The fraction of sp³-hybridized carbons (Fsp3) is 0.385. The van der Waals surface area contributed by atoms with Gasteiger partial charge in [-0.3, -0.25) is 9.78 Å². The maximum atomic E-state index is 12.1. The maximum Gasteiger partial charge on any atom is 0.252 e. The van der Waals surface area contributed by atoms with Crippen molar-refractivity contribution in [2.45, 2.75) is 32.4 Å². The van der Waals surface area contributed by atoms with Crippen LogP contribution < -0.4 is 5.32 Å². The Morgan fingerprint density at radius 2 is 2.30 bits per heavy atom. The van der Waals surface area contributed by atoms with E-state index in [4.69, 9.17) is 0 Å². The van der Waals surface area contributed by atoms with E-state index in [1.165, 1.54) is 6.42 Å². The highest BCUT2D eigenvalue weighted by Crippen LogP contribution is 2.14. The molecule has 7 heteroatoms. The van der Waals surface area contributed by atoms with Gasteiger partial charge in [0.05, 0.1) is 12.1 Å². The number of fused-ring (bicyclic) bond motifs is 1. The molecule has 0 aliphatic carbocycles. The van der Waals surface area contributed by atoms with Crippen molar-refractivity contribution in [1.82, 2.24) is 25.1 Å². The second kappa shape index (κ2) is 5.86. The van der Waals surface area contributed by atoms with Gasteiger partial charge < -0.3 is 9.88 Å². The van der Waals surface area contributed by atoms with Crippen LogP contribution in [0.25, 0.3) is 0 Å². The van der Waals surface area contributed by atoms with Crippen molar-refractivity contribution in [1.29, 1.82) is 0 Å². The van der Waals surface area contributed by atoms with E-state index in [1.807, 2.05) is 0 Å². The van der Waals surface area contributed by atoms with Crippen molar-refractivity contribution in [3.8, 4) is 0 Å². The number of hydrogen-bond donors (Lipinski definition) is 1. The first kappa shape index (κ1) is 13.5. The molecule has 0 spiro atoms. The molecule has 1 aliphatic heterocycles. The van der Waals surface area contributed by atoms with Crippen LogP contribution in [-0.4, -0.2) is 25.7 Å². The second-order valence-corrected chi connectivity index (χ2v) is 5.84. The molecule has 0 saturated heterocycles. The zero-order valence-corrected chi connectivity index (χ0v) is 13.0. The highest BCUT2D eigenvalue weighted by Gasteiger charge is 2.16. The van der Waals surface area contributed by atoms with E-state index in [1.54, 1.807) is 18.5 Å². The van der Waals surface area contributed by atoms with Crippen LogP contribution in [0.3, 0.4) is 0 Å². The number of amides is 1. The summed E-state index contributed by atoms with van der Waals surface area (Å²) in [7, 11) is 0. The van der Waals surface area contributed by atoms with Crippen LogP contribution in [-0.2, 0) is 19.5 Å². The van der Waals surface area contributed by atoms with Gasteiger partial charge >= 0.3 is 0 Å². The van der Waals surface area contributed by atoms with Gasteiger partial charge in [0.1, 0.15) is 5.82 Å². The molecule has 6 nitrogen and oxygen atoms in total. The number of hydrogen-bond acceptors (Lipinski definition) is 4. The first-order valence-electron chi connectivity index (χ1n) is 6.54. The van der Waals surface area contributed by atoms with Gasteiger partial charge in [0.15, 0.2) is 5.82 Å². The number of carbonyl (C=O) groups excluding carboxylic acids is 1. The number of nitrogens with one attached hydrogen (secondary N) is 1. The van der Waals surface area contributed by atoms with Gasteiger partial charge in [-0.2, -0.15) is 0 Å². The van der Waals surface area contributed by atoms with Crippen LogP contribution in [0.15, 0.2) is 18.5 Å². The second-order valence-electron chi connectivity index (χ2n) is 4.68. The topological polar surface area (TPSA) is 72.7 Å². The standard InChI is InChI=1S/C13H14IN5O/c14-10-7-15-5-4-9(10)13(20)16-8-12-18-17-11-3-1-2-6-19(11)12/h4-5,7H,1-3,6,8H2,(H,16,20). The van der Waals surface area contributed by atoms with Crippen LogP contribution in [0, 0.1) is 3.57 Å². The molecule has 0 unspecified atom stereocenters. The smallest absolute Gasteiger partial charge is 0.252 e. The predicted molar refractivity (Wildman–Crippen MR) is 81.1 cm³/mol. The molecule has 0 radical (unpaired) electrons. The number of carbonyl (C=O) groups is 1. The first-order valence-corrected chi connectivity index (χ1v) is 7.62. The largest absolute Gasteiger partial charge is 0.345 e. The predicted octanol–water partition coefficient (Wildman–Crippen LogP) is 1.54. The molecule has 0 saturated carbocycles. The summed E-state index contributed by atoms with van der Waals surface area (Å²) in [5.41, 5.74) is 0.638. The van der Waals surface area contributed by atoms with Crippen molar-refractivity contribution < 1.29 is 4.79 Å². The van der Waals surface area contributed by atoms with Crippen LogP contribution >= 0.6 is 22.6 Å². The fourth-order valence-corrected chi connectivity index (χ4v) is 2.90. The fourth-order valence-electron chi connectivity index (χ4n) is 2.31. The molecule has 1 amide bonds. The van der Waals surface area contributed by atoms with Crippen molar-refractivity contribution in [3.05, 3.63) is 39.2 Å². The van der Waals surface area contributed by atoms with Crippen molar-refractivity contribution in [2.75, 3.05) is 0 Å². The van der Waals surface area contributed by atoms with Gasteiger partial charge in [-0.05, 0) is 41.5 Å². The van der Waals surface area contributed by atoms with Crippen LogP contribution in [0.5, 0.6) is 0 Å². The minimum absolute atomic E-state index is 0.107. The zero-order valence-electron chi connectivity index (χ0n) is 10.8. The van der Waals surface area contributed by atoms with Gasteiger partial charge in [0.2, 0.25) is 0 Å². The Bertz CT molecular complexity index is 639. The van der Waals surface area contributed by atoms with E-state index in [0.717, 1.165) is 34.6 Å². The van der Waals surface area contributed by atoms with Crippen LogP contribution in [0.1, 0.15) is 34.8 Å². The number of pyridine rings is 1. The van der Waals surface area contributed by atoms with Crippen LogP contribution in [0.4, 0.5) is 0 Å². The summed E-state index contributed by atoms with van der Waals surface area (Å²) in [6.45, 7) is 1.35. The lowest BCUT2D eigenvalue weighted by molar-refractivity contribution is 0.0948. The number of halogens is 1. The Morgan fingerprint density at radius 1 is 1.40 bits per heavy atom. The molecule has 2 aromatic heterocycles. The third-order valence-electron chi connectivity index (χ3n) is 3.36. The Labute approximate surface area is 130 Å². The van der Waals surface area contributed by atoms with E-state index in [0.29, 0.717) is 12.1 Å². The molecule has 0 bridgehead atoms. The van der Waals surface area contributed by atoms with E-state index in [9.17, 15) is 4.79 Å². The van der Waals surface area contributed by atoms with E-state index >= 15 is 0 Å². The molecule has 3 rings (SSSR count). The Kier molecular flexibility index (Phi) is 3.95. The Balaban J connectivity index is 1.69. The molecule has 20 heavy (non-hydrogen) atoms. The lowest BCUT2D eigenvalue weighted by atomic mass is 10.2. The molecular formula is C13H14IN5O. The average Bonchev–Trinajstić information content (AvgIpc) is 2.88. The normalized spacial score (nSPS) is 13.8. The summed E-state index contributed by atoms with van der Waals surface area (Å²) < 4.78 is 2.95. The van der Waals surface area contributed by atoms with Crippen LogP contribution in [0.2, 0.25) is 0 Å². The molecule has 1 aliphatic rings. The minimum atomic E-state index is -0.107. The molecule has 0 aromatic carbocycles. The van der Waals surface area contributed by atoms with Gasteiger partial charge in [-0.1, -0.05) is 0 Å². The molecule has 0 fully saturated rings. The summed E-state index contributed by atoms with van der Waals surface area (Å²) in [5.74, 6) is 1.75. The first-order chi connectivity index (χ1) is 9.75. The number of aryl methyl sites for hydroxylation is 1. The monoisotopic (exact) mass is 383 g/mol. The molecule has 3 heterocycles. The zero-order chi connectivity index (χ0) is 13.9. The summed E-state index contributed by atoms with van der Waals surface area (Å²) in [6, 6.07) is 1.72. The third kappa shape index (κ3) is 2.67. The summed E-state index contributed by atoms with van der Waals surface area (Å²) >= 11 is 2.11. The van der Waals surface area contributed by atoms with Crippen molar-refractivity contribution in [3.63, 3.8) is 0 Å². The minimum Gasteiger partial charge on any atom is -0.345 e. The third-order valence-corrected chi connectivity index (χ3v) is 4.22. The lowest BCUT2D eigenvalue weighted by Gasteiger charge is -2.14. The van der Waals surface area contributed by atoms with E-state index < -0.39 is 0 Å². The quantitative estimate of drug-likeness (QED) is 0.817. The SMILES string of the molecule is O=C(NCc1nnc2n1CCCC2)c1ccncc1I. The number of aromatic nitrogens is 4. The van der Waals surface area contributed by atoms with Gasteiger partial charge in [0, 0.05) is 28.9 Å². The average molecular weight is 383 g/mol.